The second-order valence-corrected chi connectivity index (χ2v) is 9.21. The monoisotopic (exact) mass is 516 g/mol. The van der Waals surface area contributed by atoms with Crippen molar-refractivity contribution in [3.8, 4) is 0 Å². The second kappa shape index (κ2) is 20.7. The normalized spacial score (nSPS) is 25.6. The summed E-state index contributed by atoms with van der Waals surface area (Å²) in [6.45, 7) is 3.44. The first-order chi connectivity index (χ1) is 17.4. The van der Waals surface area contributed by atoms with Gasteiger partial charge in [-0.1, -0.05) is 63.3 Å². The molecule has 1 saturated heterocycles. The molecule has 0 aromatic rings. The molecule has 0 spiro atoms. The minimum atomic E-state index is -1.53. The van der Waals surface area contributed by atoms with Crippen molar-refractivity contribution in [3.05, 3.63) is 24.3 Å². The summed E-state index contributed by atoms with van der Waals surface area (Å²) in [5.41, 5.74) is 0. The summed E-state index contributed by atoms with van der Waals surface area (Å²) >= 11 is 0. The van der Waals surface area contributed by atoms with E-state index in [9.17, 15) is 25.2 Å². The molecule has 0 radical (unpaired) electrons. The third-order valence-corrected chi connectivity index (χ3v) is 5.90. The molecule has 1 aliphatic heterocycles. The number of carbonyl (C=O) groups is 1. The molecular weight excluding hydrogens is 468 g/mol. The van der Waals surface area contributed by atoms with Crippen molar-refractivity contribution in [1.82, 2.24) is 0 Å². The zero-order valence-corrected chi connectivity index (χ0v) is 22.0. The van der Waals surface area contributed by atoms with Gasteiger partial charge in [-0.2, -0.15) is 0 Å². The summed E-state index contributed by atoms with van der Waals surface area (Å²) < 4.78 is 21.6. The molecule has 0 saturated carbocycles. The molecule has 6 unspecified atom stereocenters. The number of aliphatic hydroxyl groups is 4. The lowest BCUT2D eigenvalue weighted by Gasteiger charge is -2.39. The number of aliphatic hydroxyl groups excluding tert-OH is 4. The van der Waals surface area contributed by atoms with Gasteiger partial charge in [0, 0.05) is 13.5 Å². The van der Waals surface area contributed by atoms with Gasteiger partial charge in [0.15, 0.2) is 6.29 Å². The van der Waals surface area contributed by atoms with Crippen LogP contribution >= 0.6 is 0 Å². The van der Waals surface area contributed by atoms with E-state index in [1.807, 2.05) is 0 Å². The van der Waals surface area contributed by atoms with Crippen LogP contribution in [0.1, 0.15) is 78.1 Å². The minimum Gasteiger partial charge on any atom is -0.458 e. The number of unbranched alkanes of at least 4 members (excludes halogenated alkanes) is 7. The molecule has 0 aliphatic carbocycles. The Hall–Kier alpha value is -1.33. The first-order valence-electron chi connectivity index (χ1n) is 13.4. The van der Waals surface area contributed by atoms with E-state index in [-0.39, 0.29) is 13.2 Å². The van der Waals surface area contributed by atoms with E-state index in [1.165, 1.54) is 32.6 Å². The van der Waals surface area contributed by atoms with E-state index < -0.39 is 49.4 Å². The SMILES string of the molecule is CCC/C=C\C/C=C\CCCCCCCCOCC(COC1OC(CO)C(O)C(O)C1O)OC(C)=O. The first kappa shape index (κ1) is 32.7. The Morgan fingerprint density at radius 3 is 2.22 bits per heavy atom. The minimum absolute atomic E-state index is 0.122. The highest BCUT2D eigenvalue weighted by molar-refractivity contribution is 5.66. The van der Waals surface area contributed by atoms with E-state index >= 15 is 0 Å². The molecule has 36 heavy (non-hydrogen) atoms. The van der Waals surface area contributed by atoms with Crippen LogP contribution in [0, 0.1) is 0 Å². The molecule has 4 N–H and O–H groups in total. The molecule has 210 valence electrons. The number of hydrogen-bond donors (Lipinski definition) is 4. The molecular formula is C27H48O9. The van der Waals surface area contributed by atoms with Crippen molar-refractivity contribution < 1.29 is 44.2 Å². The third-order valence-electron chi connectivity index (χ3n) is 5.90. The van der Waals surface area contributed by atoms with E-state index in [1.54, 1.807) is 0 Å². The van der Waals surface area contributed by atoms with E-state index in [0.717, 1.165) is 38.5 Å². The standard InChI is InChI=1S/C27H48O9/c1-3-4-5-6-7-8-9-10-11-12-13-14-15-16-17-33-19-22(35-21(2)29)20-34-27-26(32)25(31)24(30)23(18-28)36-27/h5-6,8-9,22-28,30-32H,3-4,7,10-20H2,1-2H3/b6-5-,9-8-. The lowest BCUT2D eigenvalue weighted by Crippen LogP contribution is -2.59. The molecule has 1 aliphatic rings. The second-order valence-electron chi connectivity index (χ2n) is 9.21. The average molecular weight is 517 g/mol. The molecule has 0 aromatic carbocycles. The van der Waals surface area contributed by atoms with E-state index in [2.05, 4.69) is 31.2 Å². The van der Waals surface area contributed by atoms with Gasteiger partial charge in [-0.05, 0) is 32.1 Å². The largest absolute Gasteiger partial charge is 0.458 e. The van der Waals surface area contributed by atoms with Gasteiger partial charge in [0.25, 0.3) is 0 Å². The Balaban J connectivity index is 2.14. The summed E-state index contributed by atoms with van der Waals surface area (Å²) in [5, 5.41) is 39.0. The molecule has 1 fully saturated rings. The van der Waals surface area contributed by atoms with Crippen LogP contribution in [-0.4, -0.2) is 89.6 Å². The van der Waals surface area contributed by atoms with Crippen LogP contribution in [0.5, 0.6) is 0 Å². The summed E-state index contributed by atoms with van der Waals surface area (Å²) in [6.07, 6.45) is 12.7. The van der Waals surface area contributed by atoms with Gasteiger partial charge in [-0.15, -0.1) is 0 Å². The Bertz CT molecular complexity index is 608. The topological polar surface area (TPSA) is 135 Å². The van der Waals surface area contributed by atoms with Crippen LogP contribution in [0.2, 0.25) is 0 Å². The number of ether oxygens (including phenoxy) is 4. The zero-order chi connectivity index (χ0) is 26.6. The third kappa shape index (κ3) is 14.4. The van der Waals surface area contributed by atoms with Crippen molar-refractivity contribution >= 4 is 5.97 Å². The van der Waals surface area contributed by atoms with Gasteiger partial charge < -0.3 is 39.4 Å². The molecule has 0 bridgehead atoms. The molecule has 0 amide bonds. The van der Waals surface area contributed by atoms with Crippen molar-refractivity contribution in [3.63, 3.8) is 0 Å². The van der Waals surface area contributed by atoms with Crippen molar-refractivity contribution in [2.45, 2.75) is 115 Å². The Labute approximate surface area is 216 Å². The Morgan fingerprint density at radius 2 is 1.56 bits per heavy atom. The van der Waals surface area contributed by atoms with Gasteiger partial charge in [0.05, 0.1) is 19.8 Å². The number of carbonyl (C=O) groups excluding carboxylic acids is 1. The van der Waals surface area contributed by atoms with Crippen molar-refractivity contribution in [2.75, 3.05) is 26.4 Å². The predicted molar refractivity (Wildman–Crippen MR) is 136 cm³/mol. The Kier molecular flexibility index (Phi) is 18.8. The van der Waals surface area contributed by atoms with Crippen molar-refractivity contribution in [1.29, 1.82) is 0 Å². The molecule has 9 heteroatoms. The van der Waals surface area contributed by atoms with Crippen LogP contribution < -0.4 is 0 Å². The maximum atomic E-state index is 11.4. The molecule has 9 nitrogen and oxygen atoms in total. The average Bonchev–Trinajstić information content (AvgIpc) is 2.86. The number of hydrogen-bond acceptors (Lipinski definition) is 9. The van der Waals surface area contributed by atoms with E-state index in [0.29, 0.717) is 6.61 Å². The van der Waals surface area contributed by atoms with Crippen molar-refractivity contribution in [2.24, 2.45) is 0 Å². The first-order valence-corrected chi connectivity index (χ1v) is 13.4. The predicted octanol–water partition coefficient (Wildman–Crippen LogP) is 2.78. The maximum absolute atomic E-state index is 11.4. The summed E-state index contributed by atoms with van der Waals surface area (Å²) in [5.74, 6) is -0.496. The van der Waals surface area contributed by atoms with Crippen LogP contribution in [0.4, 0.5) is 0 Å². The van der Waals surface area contributed by atoms with Crippen LogP contribution in [0.25, 0.3) is 0 Å². The highest BCUT2D eigenvalue weighted by Gasteiger charge is 2.44. The lowest BCUT2D eigenvalue weighted by molar-refractivity contribution is -0.305. The maximum Gasteiger partial charge on any atom is 0.303 e. The van der Waals surface area contributed by atoms with Crippen LogP contribution in [0.3, 0.4) is 0 Å². The zero-order valence-electron chi connectivity index (χ0n) is 22.0. The number of esters is 1. The Morgan fingerprint density at radius 1 is 0.889 bits per heavy atom. The highest BCUT2D eigenvalue weighted by Crippen LogP contribution is 2.22. The summed E-state index contributed by atoms with van der Waals surface area (Å²) in [7, 11) is 0. The highest BCUT2D eigenvalue weighted by atomic mass is 16.7. The van der Waals surface area contributed by atoms with Gasteiger partial charge in [-0.3, -0.25) is 4.79 Å². The fourth-order valence-electron chi connectivity index (χ4n) is 3.82. The van der Waals surface area contributed by atoms with Gasteiger partial charge in [0.1, 0.15) is 30.5 Å². The fourth-order valence-corrected chi connectivity index (χ4v) is 3.82. The smallest absolute Gasteiger partial charge is 0.303 e. The lowest BCUT2D eigenvalue weighted by atomic mass is 9.99. The van der Waals surface area contributed by atoms with Gasteiger partial charge >= 0.3 is 5.97 Å². The number of rotatable bonds is 20. The number of allylic oxidation sites excluding steroid dienone is 4. The van der Waals surface area contributed by atoms with Crippen LogP contribution in [0.15, 0.2) is 24.3 Å². The molecule has 6 atom stereocenters. The molecule has 1 rings (SSSR count). The summed E-state index contributed by atoms with van der Waals surface area (Å²) in [4.78, 5) is 11.4. The molecule has 0 aromatic heterocycles. The van der Waals surface area contributed by atoms with Crippen LogP contribution in [-0.2, 0) is 23.7 Å². The van der Waals surface area contributed by atoms with Gasteiger partial charge in [0.2, 0.25) is 0 Å². The molecule has 1 heterocycles. The van der Waals surface area contributed by atoms with Gasteiger partial charge in [-0.25, -0.2) is 0 Å². The fraction of sp³-hybridized carbons (Fsp3) is 0.815. The summed E-state index contributed by atoms with van der Waals surface area (Å²) in [6, 6.07) is 0. The quantitative estimate of drug-likeness (QED) is 0.109. The van der Waals surface area contributed by atoms with E-state index in [4.69, 9.17) is 18.9 Å².